The number of hydrogen-bond donors (Lipinski definition) is 0. The minimum absolute atomic E-state index is 0.00729. The minimum Gasteiger partial charge on any atom is -0.463 e. The van der Waals surface area contributed by atoms with Gasteiger partial charge in [-0.1, -0.05) is 36.4 Å². The third kappa shape index (κ3) is 3.80. The Labute approximate surface area is 185 Å². The average molecular weight is 426 g/mol. The van der Waals surface area contributed by atoms with Gasteiger partial charge in [-0.2, -0.15) is 5.10 Å². The number of para-hydroxylation sites is 1. The van der Waals surface area contributed by atoms with Crippen LogP contribution in [0.25, 0.3) is 17.1 Å². The van der Waals surface area contributed by atoms with Gasteiger partial charge < -0.3 is 14.2 Å². The molecule has 160 valence electrons. The lowest BCUT2D eigenvalue weighted by molar-refractivity contribution is 0.0530. The van der Waals surface area contributed by atoms with E-state index in [1.807, 2.05) is 66.7 Å². The summed E-state index contributed by atoms with van der Waals surface area (Å²) >= 11 is 0. The van der Waals surface area contributed by atoms with Crippen molar-refractivity contribution >= 4 is 11.8 Å². The van der Waals surface area contributed by atoms with Crippen molar-refractivity contribution in [2.45, 2.75) is 0 Å². The van der Waals surface area contributed by atoms with Crippen LogP contribution in [0.5, 0.6) is 0 Å². The van der Waals surface area contributed by atoms with Crippen LogP contribution in [0.15, 0.2) is 89.5 Å². The fourth-order valence-electron chi connectivity index (χ4n) is 3.88. The average Bonchev–Trinajstić information content (AvgIpc) is 3.55. The molecule has 2 aromatic heterocycles. The summed E-state index contributed by atoms with van der Waals surface area (Å²) in [6.07, 6.45) is 1.58. The van der Waals surface area contributed by atoms with Crippen LogP contribution >= 0.6 is 0 Å². The van der Waals surface area contributed by atoms with Crippen molar-refractivity contribution in [3.63, 3.8) is 0 Å². The zero-order valence-corrected chi connectivity index (χ0v) is 17.4. The van der Waals surface area contributed by atoms with Crippen LogP contribution < -0.4 is 0 Å². The standard InChI is InChI=1S/C25H22N4O3/c30-24(19-8-3-1-4-9-19)27-13-15-28(16-14-27)25(31)22-18-21(23-12-7-17-32-23)26-29(22)20-10-5-2-6-11-20/h1-12,17-18H,13-16H2. The summed E-state index contributed by atoms with van der Waals surface area (Å²) in [4.78, 5) is 29.7. The molecule has 1 aliphatic rings. The number of aromatic nitrogens is 2. The Bertz CT molecular complexity index is 1210. The Balaban J connectivity index is 1.37. The molecule has 3 heterocycles. The van der Waals surface area contributed by atoms with Crippen LogP contribution in [0.2, 0.25) is 0 Å². The number of carbonyl (C=O) groups excluding carboxylic acids is 2. The topological polar surface area (TPSA) is 71.6 Å². The Hall–Kier alpha value is -4.13. The predicted octanol–water partition coefficient (Wildman–Crippen LogP) is 3.73. The van der Waals surface area contributed by atoms with Crippen molar-refractivity contribution in [3.8, 4) is 17.1 Å². The Morgan fingerprint density at radius 1 is 0.750 bits per heavy atom. The van der Waals surface area contributed by atoms with Crippen molar-refractivity contribution in [3.05, 3.63) is 96.4 Å². The molecule has 4 aromatic rings. The van der Waals surface area contributed by atoms with Gasteiger partial charge in [0.2, 0.25) is 0 Å². The Morgan fingerprint density at radius 3 is 2.00 bits per heavy atom. The van der Waals surface area contributed by atoms with E-state index in [0.29, 0.717) is 48.9 Å². The second-order valence-electron chi connectivity index (χ2n) is 7.59. The van der Waals surface area contributed by atoms with E-state index in [4.69, 9.17) is 4.42 Å². The molecule has 7 nitrogen and oxygen atoms in total. The van der Waals surface area contributed by atoms with Crippen LogP contribution in [0.4, 0.5) is 0 Å². The van der Waals surface area contributed by atoms with E-state index in [-0.39, 0.29) is 11.8 Å². The first-order chi connectivity index (χ1) is 15.7. The predicted molar refractivity (Wildman–Crippen MR) is 120 cm³/mol. The van der Waals surface area contributed by atoms with Gasteiger partial charge in [-0.25, -0.2) is 4.68 Å². The lowest BCUT2D eigenvalue weighted by Gasteiger charge is -2.34. The quantitative estimate of drug-likeness (QED) is 0.499. The largest absolute Gasteiger partial charge is 0.463 e. The highest BCUT2D eigenvalue weighted by Crippen LogP contribution is 2.23. The first-order valence-electron chi connectivity index (χ1n) is 10.5. The molecule has 1 saturated heterocycles. The number of piperazine rings is 1. The van der Waals surface area contributed by atoms with Crippen LogP contribution in [0.1, 0.15) is 20.8 Å². The molecule has 2 amide bonds. The molecule has 0 unspecified atom stereocenters. The van der Waals surface area contributed by atoms with Crippen molar-refractivity contribution in [2.75, 3.05) is 26.2 Å². The molecule has 0 bridgehead atoms. The summed E-state index contributed by atoms with van der Waals surface area (Å²) in [5, 5.41) is 4.63. The van der Waals surface area contributed by atoms with Gasteiger partial charge in [0.25, 0.3) is 11.8 Å². The number of rotatable bonds is 4. The van der Waals surface area contributed by atoms with E-state index in [9.17, 15) is 9.59 Å². The molecular weight excluding hydrogens is 404 g/mol. The number of hydrogen-bond acceptors (Lipinski definition) is 4. The van der Waals surface area contributed by atoms with E-state index in [1.54, 1.807) is 32.9 Å². The van der Waals surface area contributed by atoms with Crippen molar-refractivity contribution in [2.24, 2.45) is 0 Å². The van der Waals surface area contributed by atoms with E-state index >= 15 is 0 Å². The van der Waals surface area contributed by atoms with Gasteiger partial charge >= 0.3 is 0 Å². The Kier molecular flexibility index (Phi) is 5.29. The second kappa shape index (κ2) is 8.55. The van der Waals surface area contributed by atoms with Gasteiger partial charge in [0.15, 0.2) is 5.76 Å². The molecule has 0 spiro atoms. The minimum atomic E-state index is -0.119. The van der Waals surface area contributed by atoms with Crippen LogP contribution in [0.3, 0.4) is 0 Å². The zero-order chi connectivity index (χ0) is 21.9. The molecular formula is C25H22N4O3. The highest BCUT2D eigenvalue weighted by atomic mass is 16.3. The SMILES string of the molecule is O=C(c1ccccc1)N1CCN(C(=O)c2cc(-c3ccco3)nn2-c2ccccc2)CC1. The third-order valence-corrected chi connectivity index (χ3v) is 5.58. The number of furan rings is 1. The molecule has 0 aliphatic carbocycles. The van der Waals surface area contributed by atoms with Gasteiger partial charge in [0, 0.05) is 37.8 Å². The first-order valence-corrected chi connectivity index (χ1v) is 10.5. The molecule has 0 saturated carbocycles. The number of carbonyl (C=O) groups is 2. The van der Waals surface area contributed by atoms with Gasteiger partial charge in [-0.3, -0.25) is 9.59 Å². The molecule has 0 atom stereocenters. The van der Waals surface area contributed by atoms with Crippen molar-refractivity contribution in [1.29, 1.82) is 0 Å². The van der Waals surface area contributed by atoms with E-state index in [0.717, 1.165) is 5.69 Å². The van der Waals surface area contributed by atoms with E-state index < -0.39 is 0 Å². The van der Waals surface area contributed by atoms with Gasteiger partial charge in [-0.15, -0.1) is 0 Å². The fourth-order valence-corrected chi connectivity index (χ4v) is 3.88. The fraction of sp³-hybridized carbons (Fsp3) is 0.160. The van der Waals surface area contributed by atoms with Gasteiger partial charge in [0.1, 0.15) is 11.4 Å². The summed E-state index contributed by atoms with van der Waals surface area (Å²) in [5.41, 5.74) is 2.52. The monoisotopic (exact) mass is 426 g/mol. The maximum atomic E-state index is 13.5. The smallest absolute Gasteiger partial charge is 0.272 e. The zero-order valence-electron chi connectivity index (χ0n) is 17.4. The molecule has 1 fully saturated rings. The highest BCUT2D eigenvalue weighted by molar-refractivity contribution is 5.96. The molecule has 0 radical (unpaired) electrons. The normalized spacial score (nSPS) is 13.9. The first kappa shape index (κ1) is 19.8. The molecule has 0 N–H and O–H groups in total. The molecule has 5 rings (SSSR count). The highest BCUT2D eigenvalue weighted by Gasteiger charge is 2.28. The van der Waals surface area contributed by atoms with Crippen LogP contribution in [0, 0.1) is 0 Å². The maximum absolute atomic E-state index is 13.5. The second-order valence-corrected chi connectivity index (χ2v) is 7.59. The van der Waals surface area contributed by atoms with Crippen LogP contribution in [-0.2, 0) is 0 Å². The lowest BCUT2D eigenvalue weighted by atomic mass is 10.1. The number of nitrogens with zero attached hydrogens (tertiary/aromatic N) is 4. The maximum Gasteiger partial charge on any atom is 0.272 e. The number of benzene rings is 2. The van der Waals surface area contributed by atoms with Crippen molar-refractivity contribution < 1.29 is 14.0 Å². The Morgan fingerprint density at radius 2 is 1.38 bits per heavy atom. The molecule has 1 aliphatic heterocycles. The van der Waals surface area contributed by atoms with Crippen LogP contribution in [-0.4, -0.2) is 57.6 Å². The molecule has 2 aromatic carbocycles. The lowest BCUT2D eigenvalue weighted by Crippen LogP contribution is -2.50. The van der Waals surface area contributed by atoms with E-state index in [1.165, 1.54) is 0 Å². The van der Waals surface area contributed by atoms with Gasteiger partial charge in [-0.05, 0) is 36.4 Å². The van der Waals surface area contributed by atoms with Crippen molar-refractivity contribution in [1.82, 2.24) is 19.6 Å². The summed E-state index contributed by atoms with van der Waals surface area (Å²) in [5.74, 6) is 0.477. The summed E-state index contributed by atoms with van der Waals surface area (Å²) in [6, 6.07) is 24.2. The summed E-state index contributed by atoms with van der Waals surface area (Å²) in [7, 11) is 0. The summed E-state index contributed by atoms with van der Waals surface area (Å²) < 4.78 is 7.14. The third-order valence-electron chi connectivity index (χ3n) is 5.58. The molecule has 7 heteroatoms. The number of amides is 2. The molecule has 32 heavy (non-hydrogen) atoms. The van der Waals surface area contributed by atoms with E-state index in [2.05, 4.69) is 5.10 Å². The summed E-state index contributed by atoms with van der Waals surface area (Å²) in [6.45, 7) is 1.91. The van der Waals surface area contributed by atoms with Gasteiger partial charge in [0.05, 0.1) is 12.0 Å².